The van der Waals surface area contributed by atoms with E-state index >= 15 is 0 Å². The normalized spacial score (nSPS) is 10.3. The first-order valence-corrected chi connectivity index (χ1v) is 5.15. The highest BCUT2D eigenvalue weighted by molar-refractivity contribution is 5.75. The molecule has 0 radical (unpaired) electrons. The molecule has 2 aromatic rings. The van der Waals surface area contributed by atoms with Crippen molar-refractivity contribution in [3.8, 4) is 0 Å². The van der Waals surface area contributed by atoms with E-state index in [1.165, 1.54) is 0 Å². The van der Waals surface area contributed by atoms with Crippen molar-refractivity contribution >= 4 is 17.1 Å². The molecule has 0 unspecified atom stereocenters. The van der Waals surface area contributed by atoms with E-state index in [1.807, 2.05) is 13.0 Å². The number of nitrogens with one attached hydrogen (secondary N) is 1. The lowest BCUT2D eigenvalue weighted by Crippen LogP contribution is -2.00. The van der Waals surface area contributed by atoms with Crippen molar-refractivity contribution in [2.45, 2.75) is 6.92 Å². The number of nitrogen functional groups attached to an aromatic ring is 1. The summed E-state index contributed by atoms with van der Waals surface area (Å²) in [6.45, 7) is 1.85. The predicted molar refractivity (Wildman–Crippen MR) is 65.2 cm³/mol. The number of hydrogen-bond acceptors (Lipinski definition) is 2. The number of rotatable bonds is 2. The van der Waals surface area contributed by atoms with Gasteiger partial charge < -0.3 is 11.1 Å². The average molecular weight is 234 g/mol. The van der Waals surface area contributed by atoms with Crippen LogP contribution in [0.25, 0.3) is 0 Å². The van der Waals surface area contributed by atoms with Gasteiger partial charge in [0, 0.05) is 6.07 Å². The zero-order valence-corrected chi connectivity index (χ0v) is 9.30. The number of nitrogens with two attached hydrogens (primary N) is 1. The molecule has 0 fully saturated rings. The van der Waals surface area contributed by atoms with Crippen LogP contribution < -0.4 is 11.1 Å². The molecule has 0 amide bonds. The molecule has 0 aromatic heterocycles. The Labute approximate surface area is 98.1 Å². The molecule has 3 N–H and O–H groups in total. The highest BCUT2D eigenvalue weighted by atomic mass is 19.1. The second kappa shape index (κ2) is 4.41. The first kappa shape index (κ1) is 11.4. The maximum absolute atomic E-state index is 13.4. The minimum atomic E-state index is -0.521. The third kappa shape index (κ3) is 2.36. The number of anilines is 3. The van der Waals surface area contributed by atoms with Gasteiger partial charge in [-0.1, -0.05) is 12.1 Å². The SMILES string of the molecule is Cc1cccc(Nc2cc(F)ccc2F)c1N. The van der Waals surface area contributed by atoms with Crippen molar-refractivity contribution in [1.29, 1.82) is 0 Å². The first-order chi connectivity index (χ1) is 8.08. The van der Waals surface area contributed by atoms with E-state index < -0.39 is 11.6 Å². The fourth-order valence-electron chi connectivity index (χ4n) is 1.53. The summed E-state index contributed by atoms with van der Waals surface area (Å²) in [5, 5.41) is 2.78. The molecule has 2 rings (SSSR count). The lowest BCUT2D eigenvalue weighted by Gasteiger charge is -2.11. The van der Waals surface area contributed by atoms with Crippen molar-refractivity contribution in [2.24, 2.45) is 0 Å². The molecule has 0 atom stereocenters. The molecule has 2 nitrogen and oxygen atoms in total. The van der Waals surface area contributed by atoms with Crippen LogP contribution >= 0.6 is 0 Å². The maximum atomic E-state index is 13.4. The van der Waals surface area contributed by atoms with Gasteiger partial charge in [-0.15, -0.1) is 0 Å². The van der Waals surface area contributed by atoms with Gasteiger partial charge in [0.1, 0.15) is 11.6 Å². The third-order valence-electron chi connectivity index (χ3n) is 2.52. The molecular formula is C13H12F2N2. The Morgan fingerprint density at radius 3 is 2.59 bits per heavy atom. The minimum Gasteiger partial charge on any atom is -0.397 e. The molecule has 17 heavy (non-hydrogen) atoms. The number of para-hydroxylation sites is 1. The zero-order chi connectivity index (χ0) is 12.4. The van der Waals surface area contributed by atoms with Crippen LogP contribution in [0.1, 0.15) is 5.56 Å². The Morgan fingerprint density at radius 2 is 1.82 bits per heavy atom. The van der Waals surface area contributed by atoms with Gasteiger partial charge in [0.25, 0.3) is 0 Å². The van der Waals surface area contributed by atoms with E-state index in [1.54, 1.807) is 12.1 Å². The van der Waals surface area contributed by atoms with Crippen LogP contribution in [-0.4, -0.2) is 0 Å². The van der Waals surface area contributed by atoms with Gasteiger partial charge in [-0.3, -0.25) is 0 Å². The molecule has 0 saturated heterocycles. The predicted octanol–water partition coefficient (Wildman–Crippen LogP) is 3.60. The van der Waals surface area contributed by atoms with Crippen LogP contribution in [0.2, 0.25) is 0 Å². The van der Waals surface area contributed by atoms with Gasteiger partial charge in [-0.05, 0) is 30.7 Å². The van der Waals surface area contributed by atoms with Crippen LogP contribution in [0.5, 0.6) is 0 Å². The summed E-state index contributed by atoms with van der Waals surface area (Å²) in [6, 6.07) is 8.60. The molecule has 0 aliphatic carbocycles. The molecule has 0 heterocycles. The van der Waals surface area contributed by atoms with Crippen LogP contribution in [0, 0.1) is 18.6 Å². The van der Waals surface area contributed by atoms with Crippen molar-refractivity contribution in [2.75, 3.05) is 11.1 Å². The maximum Gasteiger partial charge on any atom is 0.146 e. The zero-order valence-electron chi connectivity index (χ0n) is 9.30. The minimum absolute atomic E-state index is 0.0716. The number of aryl methyl sites for hydroxylation is 1. The molecule has 0 aliphatic heterocycles. The fraction of sp³-hybridized carbons (Fsp3) is 0.0769. The van der Waals surface area contributed by atoms with E-state index in [4.69, 9.17) is 5.73 Å². The van der Waals surface area contributed by atoms with E-state index in [2.05, 4.69) is 5.32 Å². The van der Waals surface area contributed by atoms with Crippen molar-refractivity contribution in [3.63, 3.8) is 0 Å². The molecule has 0 aliphatic rings. The van der Waals surface area contributed by atoms with Gasteiger partial charge in [0.15, 0.2) is 0 Å². The highest BCUT2D eigenvalue weighted by Gasteiger charge is 2.06. The van der Waals surface area contributed by atoms with Crippen molar-refractivity contribution < 1.29 is 8.78 Å². The topological polar surface area (TPSA) is 38.0 Å². The van der Waals surface area contributed by atoms with Gasteiger partial charge in [-0.25, -0.2) is 8.78 Å². The first-order valence-electron chi connectivity index (χ1n) is 5.15. The van der Waals surface area contributed by atoms with Crippen LogP contribution in [0.3, 0.4) is 0 Å². The molecule has 0 bridgehead atoms. The Bertz CT molecular complexity index is 553. The molecule has 88 valence electrons. The van der Waals surface area contributed by atoms with Crippen LogP contribution in [0.15, 0.2) is 36.4 Å². The summed E-state index contributed by atoms with van der Waals surface area (Å²) in [5.74, 6) is -1.02. The summed E-state index contributed by atoms with van der Waals surface area (Å²) >= 11 is 0. The Kier molecular flexibility index (Phi) is 2.95. The molecule has 0 saturated carbocycles. The standard InChI is InChI=1S/C13H12F2N2/c1-8-3-2-4-11(13(8)16)17-12-7-9(14)5-6-10(12)15/h2-7,17H,16H2,1H3. The Hall–Kier alpha value is -2.10. The van der Waals surface area contributed by atoms with Gasteiger partial charge in [-0.2, -0.15) is 0 Å². The van der Waals surface area contributed by atoms with Crippen LogP contribution in [-0.2, 0) is 0 Å². The molecule has 2 aromatic carbocycles. The van der Waals surface area contributed by atoms with E-state index in [0.29, 0.717) is 11.4 Å². The summed E-state index contributed by atoms with van der Waals surface area (Å²) in [6.07, 6.45) is 0. The summed E-state index contributed by atoms with van der Waals surface area (Å²) in [4.78, 5) is 0. The van der Waals surface area contributed by atoms with Crippen molar-refractivity contribution in [1.82, 2.24) is 0 Å². The Balaban J connectivity index is 2.38. The van der Waals surface area contributed by atoms with Gasteiger partial charge >= 0.3 is 0 Å². The molecule has 4 heteroatoms. The monoisotopic (exact) mass is 234 g/mol. The smallest absolute Gasteiger partial charge is 0.146 e. The molecular weight excluding hydrogens is 222 g/mol. The van der Waals surface area contributed by atoms with Crippen molar-refractivity contribution in [3.05, 3.63) is 53.6 Å². The number of hydrogen-bond donors (Lipinski definition) is 2. The number of halogens is 2. The lowest BCUT2D eigenvalue weighted by atomic mass is 10.1. The van der Waals surface area contributed by atoms with E-state index in [-0.39, 0.29) is 5.69 Å². The second-order valence-electron chi connectivity index (χ2n) is 3.79. The summed E-state index contributed by atoms with van der Waals surface area (Å²) in [5.41, 5.74) is 7.88. The number of benzene rings is 2. The largest absolute Gasteiger partial charge is 0.397 e. The quantitative estimate of drug-likeness (QED) is 0.779. The van der Waals surface area contributed by atoms with Gasteiger partial charge in [0.05, 0.1) is 17.1 Å². The molecule has 0 spiro atoms. The second-order valence-corrected chi connectivity index (χ2v) is 3.79. The third-order valence-corrected chi connectivity index (χ3v) is 2.52. The van der Waals surface area contributed by atoms with Crippen LogP contribution in [0.4, 0.5) is 25.8 Å². The average Bonchev–Trinajstić information content (AvgIpc) is 2.30. The van der Waals surface area contributed by atoms with Gasteiger partial charge in [0.2, 0.25) is 0 Å². The van der Waals surface area contributed by atoms with E-state index in [9.17, 15) is 8.78 Å². The summed E-state index contributed by atoms with van der Waals surface area (Å²) < 4.78 is 26.4. The Morgan fingerprint density at radius 1 is 1.06 bits per heavy atom. The lowest BCUT2D eigenvalue weighted by molar-refractivity contribution is 0.603. The fourth-order valence-corrected chi connectivity index (χ4v) is 1.53. The highest BCUT2D eigenvalue weighted by Crippen LogP contribution is 2.27. The van der Waals surface area contributed by atoms with E-state index in [0.717, 1.165) is 23.8 Å². The summed E-state index contributed by atoms with van der Waals surface area (Å²) in [7, 11) is 0.